The highest BCUT2D eigenvalue weighted by molar-refractivity contribution is 5.82. The lowest BCUT2D eigenvalue weighted by atomic mass is 9.95. The summed E-state index contributed by atoms with van der Waals surface area (Å²) >= 11 is 0. The second kappa shape index (κ2) is 11.5. The summed E-state index contributed by atoms with van der Waals surface area (Å²) in [6, 6.07) is 17.8. The van der Waals surface area contributed by atoms with Gasteiger partial charge in [0, 0.05) is 18.2 Å². The molecule has 1 aliphatic heterocycles. The zero-order valence-corrected chi connectivity index (χ0v) is 22.1. The molecule has 2 fully saturated rings. The standard InChI is InChI=1S/C29H31N3O8/c1-29(2)39-24-20(15-21(25(24)40-29)32-14-13-22(33)30-27(32)35)23(26(34)37-16-18-9-5-3-6-10-18)31-28(36)38-17-19-11-7-4-8-12-19/h3-14,20-21,23-25H,15-17H2,1-2H3,(H,31,36)(H,30,33,35)/t20-,21-,23+,24-,25+/m1/s1. The minimum absolute atomic E-state index is 0.00336. The van der Waals surface area contributed by atoms with Gasteiger partial charge in [-0.15, -0.1) is 0 Å². The molecule has 5 atom stereocenters. The van der Waals surface area contributed by atoms with Gasteiger partial charge in [0.25, 0.3) is 5.56 Å². The van der Waals surface area contributed by atoms with Crippen molar-refractivity contribution in [1.82, 2.24) is 14.9 Å². The lowest BCUT2D eigenvalue weighted by Crippen LogP contribution is -2.50. The molecule has 0 bridgehead atoms. The van der Waals surface area contributed by atoms with E-state index in [0.717, 1.165) is 11.1 Å². The van der Waals surface area contributed by atoms with Crippen molar-refractivity contribution in [3.05, 3.63) is 105 Å². The third-order valence-corrected chi connectivity index (χ3v) is 7.08. The average molecular weight is 550 g/mol. The van der Waals surface area contributed by atoms with Crippen molar-refractivity contribution in [3.63, 3.8) is 0 Å². The lowest BCUT2D eigenvalue weighted by Gasteiger charge is -2.28. The van der Waals surface area contributed by atoms with Crippen LogP contribution in [0.15, 0.2) is 82.5 Å². The first-order chi connectivity index (χ1) is 19.2. The quantitative estimate of drug-likeness (QED) is 0.409. The summed E-state index contributed by atoms with van der Waals surface area (Å²) in [6.45, 7) is 3.49. The maximum absolute atomic E-state index is 13.5. The van der Waals surface area contributed by atoms with Crippen molar-refractivity contribution in [2.45, 2.75) is 63.6 Å². The molecular formula is C29H31N3O8. The first-order valence-corrected chi connectivity index (χ1v) is 13.0. The predicted octanol–water partition coefficient (Wildman–Crippen LogP) is 2.66. The second-order valence-electron chi connectivity index (χ2n) is 10.3. The molecule has 2 aliphatic rings. The summed E-state index contributed by atoms with van der Waals surface area (Å²) in [6.07, 6.45) is -0.478. The molecule has 0 unspecified atom stereocenters. The molecule has 0 spiro atoms. The molecule has 11 nitrogen and oxygen atoms in total. The number of alkyl carbamates (subject to hydrolysis) is 1. The zero-order chi connectivity index (χ0) is 28.3. The van der Waals surface area contributed by atoms with Crippen LogP contribution in [0, 0.1) is 5.92 Å². The molecule has 0 radical (unpaired) electrons. The Bertz CT molecular complexity index is 1450. The number of carbonyl (C=O) groups is 2. The highest BCUT2D eigenvalue weighted by Crippen LogP contribution is 2.47. The van der Waals surface area contributed by atoms with Gasteiger partial charge in [-0.25, -0.2) is 14.4 Å². The normalized spacial score (nSPS) is 23.6. The van der Waals surface area contributed by atoms with Crippen molar-refractivity contribution in [2.24, 2.45) is 5.92 Å². The van der Waals surface area contributed by atoms with Crippen molar-refractivity contribution < 1.29 is 28.5 Å². The Morgan fingerprint density at radius 2 is 1.55 bits per heavy atom. The molecule has 1 saturated carbocycles. The number of H-pyrrole nitrogens is 1. The van der Waals surface area contributed by atoms with Crippen LogP contribution in [-0.2, 0) is 37.0 Å². The van der Waals surface area contributed by atoms with E-state index in [9.17, 15) is 19.2 Å². The van der Waals surface area contributed by atoms with Crippen molar-refractivity contribution in [2.75, 3.05) is 0 Å². The van der Waals surface area contributed by atoms with Gasteiger partial charge in [-0.1, -0.05) is 60.7 Å². The van der Waals surface area contributed by atoms with E-state index in [-0.39, 0.29) is 19.6 Å². The highest BCUT2D eigenvalue weighted by Gasteiger charge is 2.58. The number of nitrogens with one attached hydrogen (secondary N) is 2. The number of aromatic nitrogens is 2. The van der Waals surface area contributed by atoms with Crippen molar-refractivity contribution >= 4 is 12.1 Å². The largest absolute Gasteiger partial charge is 0.459 e. The molecule has 1 aliphatic carbocycles. The monoisotopic (exact) mass is 549 g/mol. The average Bonchev–Trinajstić information content (AvgIpc) is 3.43. The molecule has 3 aromatic rings. The molecule has 1 amide bonds. The van der Waals surface area contributed by atoms with E-state index in [2.05, 4.69) is 10.3 Å². The Morgan fingerprint density at radius 1 is 0.950 bits per heavy atom. The zero-order valence-electron chi connectivity index (χ0n) is 22.1. The summed E-state index contributed by atoms with van der Waals surface area (Å²) in [7, 11) is 0. The Hall–Kier alpha value is -4.22. The molecule has 40 heavy (non-hydrogen) atoms. The molecule has 11 heteroatoms. The van der Waals surface area contributed by atoms with E-state index in [4.69, 9.17) is 18.9 Å². The number of amides is 1. The summed E-state index contributed by atoms with van der Waals surface area (Å²) in [5.41, 5.74) is 0.434. The summed E-state index contributed by atoms with van der Waals surface area (Å²) in [5.74, 6) is -2.32. The predicted molar refractivity (Wildman–Crippen MR) is 142 cm³/mol. The number of fused-ring (bicyclic) bond motifs is 1. The van der Waals surface area contributed by atoms with Gasteiger partial charge in [0.2, 0.25) is 0 Å². The minimum Gasteiger partial charge on any atom is -0.459 e. The number of nitrogens with zero attached hydrogens (tertiary/aromatic N) is 1. The lowest BCUT2D eigenvalue weighted by molar-refractivity contribution is -0.166. The Labute approximate surface area is 230 Å². The fourth-order valence-electron chi connectivity index (χ4n) is 5.33. The van der Waals surface area contributed by atoms with Crippen LogP contribution in [0.3, 0.4) is 0 Å². The molecular weight excluding hydrogens is 518 g/mol. The number of hydrogen-bond donors (Lipinski definition) is 2. The Kier molecular flexibility index (Phi) is 7.85. The van der Waals surface area contributed by atoms with E-state index in [1.54, 1.807) is 13.8 Å². The van der Waals surface area contributed by atoms with Gasteiger partial charge in [-0.05, 0) is 31.4 Å². The van der Waals surface area contributed by atoms with Gasteiger partial charge in [-0.3, -0.25) is 14.3 Å². The Morgan fingerprint density at radius 3 is 2.17 bits per heavy atom. The maximum atomic E-state index is 13.5. The van der Waals surface area contributed by atoms with E-state index in [1.165, 1.54) is 16.8 Å². The molecule has 1 saturated heterocycles. The fraction of sp³-hybridized carbons (Fsp3) is 0.379. The number of carbonyl (C=O) groups excluding carboxylic acids is 2. The van der Waals surface area contributed by atoms with Crippen LogP contribution in [-0.4, -0.2) is 45.7 Å². The number of benzene rings is 2. The summed E-state index contributed by atoms with van der Waals surface area (Å²) in [4.78, 5) is 53.0. The highest BCUT2D eigenvalue weighted by atomic mass is 16.8. The van der Waals surface area contributed by atoms with Gasteiger partial charge in [0.1, 0.15) is 25.4 Å². The number of aromatic amines is 1. The fourth-order valence-corrected chi connectivity index (χ4v) is 5.33. The number of esters is 1. The maximum Gasteiger partial charge on any atom is 0.408 e. The van der Waals surface area contributed by atoms with Gasteiger partial charge < -0.3 is 24.3 Å². The van der Waals surface area contributed by atoms with Crippen LogP contribution in [0.2, 0.25) is 0 Å². The van der Waals surface area contributed by atoms with Gasteiger partial charge in [0.05, 0.1) is 12.1 Å². The minimum atomic E-state index is -1.17. The molecule has 5 rings (SSSR count). The van der Waals surface area contributed by atoms with Crippen LogP contribution in [0.5, 0.6) is 0 Å². The number of rotatable bonds is 8. The first kappa shape index (κ1) is 27.4. The molecule has 1 aromatic heterocycles. The van der Waals surface area contributed by atoms with E-state index in [0.29, 0.717) is 0 Å². The topological polar surface area (TPSA) is 138 Å². The van der Waals surface area contributed by atoms with Crippen LogP contribution < -0.4 is 16.6 Å². The van der Waals surface area contributed by atoms with Gasteiger partial charge >= 0.3 is 17.8 Å². The summed E-state index contributed by atoms with van der Waals surface area (Å²) in [5, 5.41) is 2.68. The van der Waals surface area contributed by atoms with E-state index < -0.39 is 59.3 Å². The third kappa shape index (κ3) is 6.16. The molecule has 2 heterocycles. The van der Waals surface area contributed by atoms with Crippen LogP contribution in [0.1, 0.15) is 37.4 Å². The van der Waals surface area contributed by atoms with E-state index >= 15 is 0 Å². The third-order valence-electron chi connectivity index (χ3n) is 7.08. The van der Waals surface area contributed by atoms with Crippen molar-refractivity contribution in [1.29, 1.82) is 0 Å². The SMILES string of the molecule is CC1(C)O[C@@H]2[C@@H]([C@H](NC(=O)OCc3ccccc3)C(=O)OCc3ccccc3)C[C@@H](n3ccc(=O)[nH]c3=O)[C@@H]2O1. The summed E-state index contributed by atoms with van der Waals surface area (Å²) < 4.78 is 24.7. The first-order valence-electron chi connectivity index (χ1n) is 13.0. The van der Waals surface area contributed by atoms with Gasteiger partial charge in [0.15, 0.2) is 5.79 Å². The second-order valence-corrected chi connectivity index (χ2v) is 10.3. The van der Waals surface area contributed by atoms with Crippen molar-refractivity contribution in [3.8, 4) is 0 Å². The molecule has 2 aromatic carbocycles. The van der Waals surface area contributed by atoms with Crippen LogP contribution in [0.4, 0.5) is 4.79 Å². The van der Waals surface area contributed by atoms with Gasteiger partial charge in [-0.2, -0.15) is 0 Å². The van der Waals surface area contributed by atoms with E-state index in [1.807, 2.05) is 60.7 Å². The Balaban J connectivity index is 1.40. The number of hydrogen-bond acceptors (Lipinski definition) is 8. The van der Waals surface area contributed by atoms with Crippen LogP contribution in [0.25, 0.3) is 0 Å². The molecule has 210 valence electrons. The smallest absolute Gasteiger partial charge is 0.408 e. The number of ether oxygens (including phenoxy) is 4. The molecule has 2 N–H and O–H groups in total. The van der Waals surface area contributed by atoms with Crippen LogP contribution >= 0.6 is 0 Å².